The standard InChI is InChI=1S/C29H33BrN2O3/c1-3-4-18-31-29(34)27(19-23-8-6-5-7-9-23)32(20-24-12-10-22(2)11-13-24)28(33)21-35-26-16-14-25(30)15-17-26/h5-17,27H,3-4,18-21H2,1-2H3,(H,31,34)/t27-/m0/s1. The van der Waals surface area contributed by atoms with E-state index in [1.54, 1.807) is 17.0 Å². The van der Waals surface area contributed by atoms with Crippen molar-refractivity contribution < 1.29 is 14.3 Å². The summed E-state index contributed by atoms with van der Waals surface area (Å²) in [5.74, 6) is 0.218. The Balaban J connectivity index is 1.86. The zero-order valence-electron chi connectivity index (χ0n) is 20.4. The first-order chi connectivity index (χ1) is 17.0. The molecule has 0 bridgehead atoms. The summed E-state index contributed by atoms with van der Waals surface area (Å²) in [6.07, 6.45) is 2.30. The highest BCUT2D eigenvalue weighted by molar-refractivity contribution is 9.10. The summed E-state index contributed by atoms with van der Waals surface area (Å²) in [5, 5.41) is 3.04. The Labute approximate surface area is 216 Å². The fourth-order valence-corrected chi connectivity index (χ4v) is 3.97. The largest absolute Gasteiger partial charge is 0.484 e. The Morgan fingerprint density at radius 2 is 1.63 bits per heavy atom. The van der Waals surface area contributed by atoms with Gasteiger partial charge in [0.05, 0.1) is 0 Å². The molecule has 0 aliphatic heterocycles. The lowest BCUT2D eigenvalue weighted by Gasteiger charge is -2.31. The molecule has 0 saturated carbocycles. The van der Waals surface area contributed by atoms with Crippen molar-refractivity contribution in [1.29, 1.82) is 0 Å². The van der Waals surface area contributed by atoms with Crippen molar-refractivity contribution in [3.8, 4) is 5.75 Å². The Morgan fingerprint density at radius 3 is 2.29 bits per heavy atom. The molecule has 0 aromatic heterocycles. The van der Waals surface area contributed by atoms with Gasteiger partial charge in [0.15, 0.2) is 6.61 Å². The number of unbranched alkanes of at least 4 members (excludes halogenated alkanes) is 1. The highest BCUT2D eigenvalue weighted by Crippen LogP contribution is 2.18. The summed E-state index contributed by atoms with van der Waals surface area (Å²) in [7, 11) is 0. The van der Waals surface area contributed by atoms with E-state index in [0.29, 0.717) is 25.3 Å². The first kappa shape index (κ1) is 26.5. The second-order valence-corrected chi connectivity index (χ2v) is 9.52. The number of rotatable bonds is 12. The zero-order valence-corrected chi connectivity index (χ0v) is 22.0. The van der Waals surface area contributed by atoms with Crippen molar-refractivity contribution >= 4 is 27.7 Å². The van der Waals surface area contributed by atoms with E-state index in [1.165, 1.54) is 0 Å². The second kappa shape index (κ2) is 13.7. The number of ether oxygens (including phenoxy) is 1. The maximum atomic E-state index is 13.5. The number of benzene rings is 3. The summed E-state index contributed by atoms with van der Waals surface area (Å²) >= 11 is 3.41. The molecule has 3 aromatic carbocycles. The molecular formula is C29H33BrN2O3. The molecule has 1 N–H and O–H groups in total. The average molecular weight is 537 g/mol. The van der Waals surface area contributed by atoms with Crippen molar-refractivity contribution in [1.82, 2.24) is 10.2 Å². The number of hydrogen-bond acceptors (Lipinski definition) is 3. The summed E-state index contributed by atoms with van der Waals surface area (Å²) in [5.41, 5.74) is 3.11. The van der Waals surface area contributed by atoms with Gasteiger partial charge in [0, 0.05) is 24.0 Å². The molecule has 184 valence electrons. The predicted molar refractivity (Wildman–Crippen MR) is 143 cm³/mol. The lowest BCUT2D eigenvalue weighted by atomic mass is 10.0. The molecular weight excluding hydrogens is 504 g/mol. The van der Waals surface area contributed by atoms with Crippen LogP contribution in [0.5, 0.6) is 5.75 Å². The van der Waals surface area contributed by atoms with E-state index >= 15 is 0 Å². The van der Waals surface area contributed by atoms with Crippen molar-refractivity contribution in [2.75, 3.05) is 13.2 Å². The van der Waals surface area contributed by atoms with Crippen molar-refractivity contribution in [2.45, 2.75) is 45.7 Å². The van der Waals surface area contributed by atoms with E-state index in [2.05, 4.69) is 28.2 Å². The third-order valence-electron chi connectivity index (χ3n) is 5.75. The van der Waals surface area contributed by atoms with E-state index in [4.69, 9.17) is 4.74 Å². The highest BCUT2D eigenvalue weighted by Gasteiger charge is 2.30. The van der Waals surface area contributed by atoms with Gasteiger partial charge < -0.3 is 15.0 Å². The number of halogens is 1. The van der Waals surface area contributed by atoms with Crippen molar-refractivity contribution in [3.05, 3.63) is 100 Å². The van der Waals surface area contributed by atoms with Gasteiger partial charge in [-0.05, 0) is 48.7 Å². The number of aryl methyl sites for hydroxylation is 1. The minimum atomic E-state index is -0.656. The maximum absolute atomic E-state index is 13.5. The highest BCUT2D eigenvalue weighted by atomic mass is 79.9. The average Bonchev–Trinajstić information content (AvgIpc) is 2.87. The Kier molecular flexibility index (Phi) is 10.4. The lowest BCUT2D eigenvalue weighted by molar-refractivity contribution is -0.142. The first-order valence-corrected chi connectivity index (χ1v) is 12.8. The van der Waals surface area contributed by atoms with Crippen LogP contribution in [0.1, 0.15) is 36.5 Å². The Bertz CT molecular complexity index is 1070. The van der Waals surface area contributed by atoms with Crippen LogP contribution in [0.15, 0.2) is 83.3 Å². The summed E-state index contributed by atoms with van der Waals surface area (Å²) in [6.45, 7) is 4.86. The molecule has 0 aliphatic carbocycles. The van der Waals surface area contributed by atoms with E-state index < -0.39 is 6.04 Å². The normalized spacial score (nSPS) is 11.5. The monoisotopic (exact) mass is 536 g/mol. The van der Waals surface area contributed by atoms with Crippen LogP contribution in [0.2, 0.25) is 0 Å². The number of carbonyl (C=O) groups is 2. The molecule has 0 aliphatic rings. The third-order valence-corrected chi connectivity index (χ3v) is 6.28. The SMILES string of the molecule is CCCCNC(=O)[C@H](Cc1ccccc1)N(Cc1ccc(C)cc1)C(=O)COc1ccc(Br)cc1. The minimum Gasteiger partial charge on any atom is -0.484 e. The number of hydrogen-bond donors (Lipinski definition) is 1. The van der Waals surface area contributed by atoms with Crippen LogP contribution < -0.4 is 10.1 Å². The fourth-order valence-electron chi connectivity index (χ4n) is 3.71. The molecule has 0 saturated heterocycles. The van der Waals surface area contributed by atoms with Gasteiger partial charge in [0.25, 0.3) is 5.91 Å². The molecule has 5 nitrogen and oxygen atoms in total. The molecule has 35 heavy (non-hydrogen) atoms. The van der Waals surface area contributed by atoms with Gasteiger partial charge in [-0.1, -0.05) is 89.4 Å². The number of nitrogens with zero attached hydrogens (tertiary/aromatic N) is 1. The van der Waals surface area contributed by atoms with Gasteiger partial charge in [0.2, 0.25) is 5.91 Å². The second-order valence-electron chi connectivity index (χ2n) is 8.60. The van der Waals surface area contributed by atoms with E-state index in [0.717, 1.165) is 34.0 Å². The van der Waals surface area contributed by atoms with Crippen LogP contribution in [0.3, 0.4) is 0 Å². The van der Waals surface area contributed by atoms with E-state index in [-0.39, 0.29) is 18.4 Å². The summed E-state index contributed by atoms with van der Waals surface area (Å²) < 4.78 is 6.73. The lowest BCUT2D eigenvalue weighted by Crippen LogP contribution is -2.51. The zero-order chi connectivity index (χ0) is 25.0. The minimum absolute atomic E-state index is 0.147. The Morgan fingerprint density at radius 1 is 0.943 bits per heavy atom. The molecule has 6 heteroatoms. The van der Waals surface area contributed by atoms with Crippen LogP contribution >= 0.6 is 15.9 Å². The maximum Gasteiger partial charge on any atom is 0.261 e. The van der Waals surface area contributed by atoms with Crippen LogP contribution in [0.4, 0.5) is 0 Å². The van der Waals surface area contributed by atoms with Gasteiger partial charge >= 0.3 is 0 Å². The van der Waals surface area contributed by atoms with Crippen LogP contribution in [0, 0.1) is 6.92 Å². The topological polar surface area (TPSA) is 58.6 Å². The molecule has 1 atom stereocenters. The predicted octanol–water partition coefficient (Wildman–Crippen LogP) is 5.69. The number of nitrogens with one attached hydrogen (secondary N) is 1. The summed E-state index contributed by atoms with van der Waals surface area (Å²) in [6, 6.07) is 24.5. The van der Waals surface area contributed by atoms with Gasteiger partial charge in [0.1, 0.15) is 11.8 Å². The molecule has 0 radical (unpaired) electrons. The molecule has 3 rings (SSSR count). The fraction of sp³-hybridized carbons (Fsp3) is 0.310. The third kappa shape index (κ3) is 8.55. The molecule has 0 heterocycles. The molecule has 0 unspecified atom stereocenters. The molecule has 0 fully saturated rings. The number of amides is 2. The van der Waals surface area contributed by atoms with Crippen molar-refractivity contribution in [3.63, 3.8) is 0 Å². The van der Waals surface area contributed by atoms with Gasteiger partial charge in [-0.3, -0.25) is 9.59 Å². The molecule has 3 aromatic rings. The van der Waals surface area contributed by atoms with Crippen LogP contribution in [-0.4, -0.2) is 35.9 Å². The summed E-state index contributed by atoms with van der Waals surface area (Å²) in [4.78, 5) is 28.6. The first-order valence-electron chi connectivity index (χ1n) is 12.0. The number of carbonyl (C=O) groups excluding carboxylic acids is 2. The van der Waals surface area contributed by atoms with E-state index in [9.17, 15) is 9.59 Å². The molecule has 2 amide bonds. The van der Waals surface area contributed by atoms with Crippen LogP contribution in [-0.2, 0) is 22.6 Å². The van der Waals surface area contributed by atoms with E-state index in [1.807, 2.05) is 73.7 Å². The molecule has 0 spiro atoms. The van der Waals surface area contributed by atoms with Crippen LogP contribution in [0.25, 0.3) is 0 Å². The Hall–Kier alpha value is -3.12. The quantitative estimate of drug-likeness (QED) is 0.302. The van der Waals surface area contributed by atoms with Crippen molar-refractivity contribution in [2.24, 2.45) is 0 Å². The van der Waals surface area contributed by atoms with Gasteiger partial charge in [-0.2, -0.15) is 0 Å². The van der Waals surface area contributed by atoms with Gasteiger partial charge in [-0.25, -0.2) is 0 Å². The van der Waals surface area contributed by atoms with Gasteiger partial charge in [-0.15, -0.1) is 0 Å². The smallest absolute Gasteiger partial charge is 0.261 e.